The molecule has 1 aliphatic heterocycles. The van der Waals surface area contributed by atoms with Gasteiger partial charge in [0, 0.05) is 31.8 Å². The van der Waals surface area contributed by atoms with E-state index in [1.807, 2.05) is 10.9 Å². The Morgan fingerprint density at radius 1 is 1.44 bits per heavy atom. The molecule has 0 aromatic carbocycles. The SMILES string of the molecule is CC(C)n1ncc2c1C(NC(=O)N(CCO)C1CCOCC1)CCC2. The third-order valence-electron chi connectivity index (χ3n) is 5.20. The van der Waals surface area contributed by atoms with Crippen molar-refractivity contribution < 1.29 is 14.6 Å². The van der Waals surface area contributed by atoms with Crippen LogP contribution in [-0.4, -0.2) is 58.2 Å². The van der Waals surface area contributed by atoms with Crippen LogP contribution in [0.4, 0.5) is 4.79 Å². The molecule has 0 radical (unpaired) electrons. The Kier molecular flexibility index (Phi) is 5.96. The maximum Gasteiger partial charge on any atom is 0.318 e. The van der Waals surface area contributed by atoms with Crippen molar-refractivity contribution in [2.75, 3.05) is 26.4 Å². The van der Waals surface area contributed by atoms with Crippen molar-refractivity contribution in [2.45, 2.75) is 64.1 Å². The summed E-state index contributed by atoms with van der Waals surface area (Å²) in [5.74, 6) is 0. The predicted octanol–water partition coefficient (Wildman–Crippen LogP) is 2.02. The Labute approximate surface area is 149 Å². The van der Waals surface area contributed by atoms with E-state index < -0.39 is 0 Å². The van der Waals surface area contributed by atoms with Crippen LogP contribution < -0.4 is 5.32 Å². The molecule has 2 N–H and O–H groups in total. The molecule has 1 atom stereocenters. The summed E-state index contributed by atoms with van der Waals surface area (Å²) in [6.07, 6.45) is 6.60. The minimum Gasteiger partial charge on any atom is -0.395 e. The predicted molar refractivity (Wildman–Crippen MR) is 94.5 cm³/mol. The van der Waals surface area contributed by atoms with Crippen LogP contribution in [0.1, 0.15) is 62.9 Å². The molecule has 0 spiro atoms. The molecule has 1 aromatic rings. The molecule has 1 aromatic heterocycles. The Hall–Kier alpha value is -1.60. The quantitative estimate of drug-likeness (QED) is 0.851. The molecular formula is C18H30N4O3. The van der Waals surface area contributed by atoms with Crippen molar-refractivity contribution in [1.82, 2.24) is 20.0 Å². The lowest BCUT2D eigenvalue weighted by Crippen LogP contribution is -2.50. The van der Waals surface area contributed by atoms with E-state index in [1.54, 1.807) is 4.90 Å². The van der Waals surface area contributed by atoms with Crippen molar-refractivity contribution in [3.63, 3.8) is 0 Å². The van der Waals surface area contributed by atoms with Crippen LogP contribution in [0.15, 0.2) is 6.20 Å². The summed E-state index contributed by atoms with van der Waals surface area (Å²) in [5, 5.41) is 17.1. The van der Waals surface area contributed by atoms with E-state index in [0.29, 0.717) is 19.8 Å². The summed E-state index contributed by atoms with van der Waals surface area (Å²) in [4.78, 5) is 14.7. The van der Waals surface area contributed by atoms with Crippen molar-refractivity contribution in [3.05, 3.63) is 17.5 Å². The van der Waals surface area contributed by atoms with Gasteiger partial charge in [-0.1, -0.05) is 0 Å². The van der Waals surface area contributed by atoms with Gasteiger partial charge in [-0.2, -0.15) is 5.10 Å². The zero-order valence-corrected chi connectivity index (χ0v) is 15.3. The second-order valence-electron chi connectivity index (χ2n) is 7.25. The van der Waals surface area contributed by atoms with Gasteiger partial charge in [-0.05, 0) is 51.5 Å². The highest BCUT2D eigenvalue weighted by atomic mass is 16.5. The third-order valence-corrected chi connectivity index (χ3v) is 5.20. The second-order valence-corrected chi connectivity index (χ2v) is 7.25. The van der Waals surface area contributed by atoms with Gasteiger partial charge in [-0.25, -0.2) is 4.79 Å². The smallest absolute Gasteiger partial charge is 0.318 e. The van der Waals surface area contributed by atoms with E-state index >= 15 is 0 Å². The van der Waals surface area contributed by atoms with Crippen molar-refractivity contribution in [1.29, 1.82) is 0 Å². The highest BCUT2D eigenvalue weighted by molar-refractivity contribution is 5.75. The average molecular weight is 350 g/mol. The van der Waals surface area contributed by atoms with Crippen LogP contribution in [0.25, 0.3) is 0 Å². The molecule has 1 unspecified atom stereocenters. The van der Waals surface area contributed by atoms with E-state index in [4.69, 9.17) is 4.74 Å². The highest BCUT2D eigenvalue weighted by Gasteiger charge is 2.31. The highest BCUT2D eigenvalue weighted by Crippen LogP contribution is 2.31. The Balaban J connectivity index is 1.75. The zero-order chi connectivity index (χ0) is 17.8. The summed E-state index contributed by atoms with van der Waals surface area (Å²) in [5.41, 5.74) is 2.38. The molecule has 3 rings (SSSR count). The maximum atomic E-state index is 12.9. The number of rotatable bonds is 5. The maximum absolute atomic E-state index is 12.9. The lowest BCUT2D eigenvalue weighted by atomic mass is 9.93. The number of ether oxygens (including phenoxy) is 1. The molecule has 7 nitrogen and oxygen atoms in total. The molecule has 2 amide bonds. The monoisotopic (exact) mass is 350 g/mol. The fourth-order valence-corrected chi connectivity index (χ4v) is 3.96. The molecule has 0 saturated carbocycles. The first-order valence-electron chi connectivity index (χ1n) is 9.43. The fourth-order valence-electron chi connectivity index (χ4n) is 3.96. The van der Waals surface area contributed by atoms with Gasteiger partial charge >= 0.3 is 6.03 Å². The van der Waals surface area contributed by atoms with Gasteiger partial charge in [-0.15, -0.1) is 0 Å². The second kappa shape index (κ2) is 8.19. The van der Waals surface area contributed by atoms with Crippen molar-refractivity contribution in [2.24, 2.45) is 0 Å². The van der Waals surface area contributed by atoms with Gasteiger partial charge in [0.1, 0.15) is 0 Å². The average Bonchev–Trinajstić information content (AvgIpc) is 3.06. The number of aryl methyl sites for hydroxylation is 1. The van der Waals surface area contributed by atoms with Crippen LogP contribution in [0.5, 0.6) is 0 Å². The van der Waals surface area contributed by atoms with E-state index in [2.05, 4.69) is 24.3 Å². The minimum atomic E-state index is -0.0877. The van der Waals surface area contributed by atoms with E-state index in [0.717, 1.165) is 37.8 Å². The molecule has 140 valence electrons. The zero-order valence-electron chi connectivity index (χ0n) is 15.3. The first kappa shape index (κ1) is 18.2. The summed E-state index contributed by atoms with van der Waals surface area (Å²) in [7, 11) is 0. The van der Waals surface area contributed by atoms with Gasteiger partial charge in [0.05, 0.1) is 24.5 Å². The van der Waals surface area contributed by atoms with E-state index in [-0.39, 0.29) is 30.8 Å². The molecule has 7 heteroatoms. The molecule has 2 heterocycles. The lowest BCUT2D eigenvalue weighted by molar-refractivity contribution is 0.0405. The molecule has 2 aliphatic rings. The third kappa shape index (κ3) is 3.98. The lowest BCUT2D eigenvalue weighted by Gasteiger charge is -2.36. The van der Waals surface area contributed by atoms with Gasteiger partial charge < -0.3 is 20.1 Å². The number of hydrogen-bond acceptors (Lipinski definition) is 4. The van der Waals surface area contributed by atoms with E-state index in [1.165, 1.54) is 5.56 Å². The first-order chi connectivity index (χ1) is 12.1. The number of urea groups is 1. The summed E-state index contributed by atoms with van der Waals surface area (Å²) in [6, 6.07) is 0.307. The summed E-state index contributed by atoms with van der Waals surface area (Å²) >= 11 is 0. The van der Waals surface area contributed by atoms with Crippen LogP contribution in [0.3, 0.4) is 0 Å². The molecular weight excluding hydrogens is 320 g/mol. The van der Waals surface area contributed by atoms with Crippen molar-refractivity contribution >= 4 is 6.03 Å². The van der Waals surface area contributed by atoms with Gasteiger partial charge in [-0.3, -0.25) is 4.68 Å². The van der Waals surface area contributed by atoms with Crippen molar-refractivity contribution in [3.8, 4) is 0 Å². The number of carbonyl (C=O) groups excluding carboxylic acids is 1. The van der Waals surface area contributed by atoms with Crippen LogP contribution in [0.2, 0.25) is 0 Å². The number of aliphatic hydroxyl groups is 1. The molecule has 1 saturated heterocycles. The number of carbonyl (C=O) groups is 1. The van der Waals surface area contributed by atoms with Crippen LogP contribution in [-0.2, 0) is 11.2 Å². The fraction of sp³-hybridized carbons (Fsp3) is 0.778. The molecule has 1 aliphatic carbocycles. The Morgan fingerprint density at radius 2 is 2.20 bits per heavy atom. The van der Waals surface area contributed by atoms with Crippen LogP contribution in [0, 0.1) is 0 Å². The Morgan fingerprint density at radius 3 is 2.88 bits per heavy atom. The number of hydrogen-bond donors (Lipinski definition) is 2. The number of aromatic nitrogens is 2. The number of aliphatic hydroxyl groups excluding tert-OH is 1. The molecule has 1 fully saturated rings. The molecule has 0 bridgehead atoms. The topological polar surface area (TPSA) is 79.6 Å². The largest absolute Gasteiger partial charge is 0.395 e. The molecule has 25 heavy (non-hydrogen) atoms. The Bertz CT molecular complexity index is 581. The van der Waals surface area contributed by atoms with Gasteiger partial charge in [0.15, 0.2) is 0 Å². The number of fused-ring (bicyclic) bond motifs is 1. The number of nitrogens with zero attached hydrogens (tertiary/aromatic N) is 3. The normalized spacial score (nSPS) is 21.2. The van der Waals surface area contributed by atoms with Crippen LogP contribution >= 0.6 is 0 Å². The first-order valence-corrected chi connectivity index (χ1v) is 9.43. The summed E-state index contributed by atoms with van der Waals surface area (Å²) in [6.45, 7) is 5.91. The summed E-state index contributed by atoms with van der Waals surface area (Å²) < 4.78 is 7.44. The van der Waals surface area contributed by atoms with Gasteiger partial charge in [0.25, 0.3) is 0 Å². The number of amides is 2. The van der Waals surface area contributed by atoms with Gasteiger partial charge in [0.2, 0.25) is 0 Å². The standard InChI is InChI=1S/C18H30N4O3/c1-13(2)22-17-14(12-19-22)4-3-5-16(17)20-18(24)21(8-9-23)15-6-10-25-11-7-15/h12-13,15-16,23H,3-11H2,1-2H3,(H,20,24). The number of nitrogens with one attached hydrogen (secondary N) is 1. The minimum absolute atomic E-state index is 0.0119. The van der Waals surface area contributed by atoms with E-state index in [9.17, 15) is 9.90 Å².